The van der Waals surface area contributed by atoms with Gasteiger partial charge in [-0.25, -0.2) is 13.6 Å². The molecule has 0 fully saturated rings. The van der Waals surface area contributed by atoms with Crippen molar-refractivity contribution in [2.75, 3.05) is 20.3 Å². The topological polar surface area (TPSA) is 111 Å². The molecule has 0 aliphatic carbocycles. The number of halogens is 2. The van der Waals surface area contributed by atoms with Crippen LogP contribution in [-0.2, 0) is 23.9 Å². The van der Waals surface area contributed by atoms with E-state index < -0.39 is 48.0 Å². The first-order valence-electron chi connectivity index (χ1n) is 9.40. The van der Waals surface area contributed by atoms with Gasteiger partial charge in [-0.05, 0) is 30.9 Å². The first kappa shape index (κ1) is 25.0. The Morgan fingerprint density at radius 1 is 1.13 bits per heavy atom. The molecule has 0 aromatic heterocycles. The quantitative estimate of drug-likeness (QED) is 0.410. The molecular formula is C20H26F2N2O6. The molecule has 0 radical (unpaired) electrons. The monoisotopic (exact) mass is 428 g/mol. The summed E-state index contributed by atoms with van der Waals surface area (Å²) in [6.07, 6.45) is 0.472. The summed E-state index contributed by atoms with van der Waals surface area (Å²) in [5, 5.41) is 4.86. The minimum absolute atomic E-state index is 0.0513. The van der Waals surface area contributed by atoms with Crippen LogP contribution in [-0.4, -0.2) is 50.1 Å². The first-order chi connectivity index (χ1) is 14.1. The Hall–Kier alpha value is -3.04. The fourth-order valence-electron chi connectivity index (χ4n) is 2.49. The van der Waals surface area contributed by atoms with Crippen molar-refractivity contribution in [1.29, 1.82) is 0 Å². The number of rotatable bonds is 11. The number of carbonyl (C=O) groups excluding carboxylic acids is 4. The van der Waals surface area contributed by atoms with Gasteiger partial charge in [0, 0.05) is 19.0 Å². The van der Waals surface area contributed by atoms with Crippen molar-refractivity contribution in [2.45, 2.75) is 39.2 Å². The average Bonchev–Trinajstić information content (AvgIpc) is 2.68. The number of hydrogen-bond donors (Lipinski definition) is 2. The fourth-order valence-corrected chi connectivity index (χ4v) is 2.49. The summed E-state index contributed by atoms with van der Waals surface area (Å²) in [5.74, 6) is -4.28. The fraction of sp³-hybridized carbons (Fsp3) is 0.500. The lowest BCUT2D eigenvalue weighted by atomic mass is 10.0. The van der Waals surface area contributed by atoms with Crippen molar-refractivity contribution in [1.82, 2.24) is 10.6 Å². The van der Waals surface area contributed by atoms with E-state index in [1.165, 1.54) is 7.11 Å². The highest BCUT2D eigenvalue weighted by Crippen LogP contribution is 2.09. The molecule has 166 valence electrons. The van der Waals surface area contributed by atoms with E-state index in [4.69, 9.17) is 4.74 Å². The van der Waals surface area contributed by atoms with Crippen molar-refractivity contribution >= 4 is 23.8 Å². The Morgan fingerprint density at radius 2 is 1.83 bits per heavy atom. The van der Waals surface area contributed by atoms with Gasteiger partial charge in [-0.15, -0.1) is 0 Å². The number of hydrogen-bond acceptors (Lipinski definition) is 6. The second-order valence-electron chi connectivity index (χ2n) is 6.92. The summed E-state index contributed by atoms with van der Waals surface area (Å²) in [7, 11) is 1.21. The minimum atomic E-state index is -0.986. The van der Waals surface area contributed by atoms with Crippen LogP contribution in [0.1, 0.15) is 43.5 Å². The van der Waals surface area contributed by atoms with Gasteiger partial charge in [-0.1, -0.05) is 13.8 Å². The number of ether oxygens (including phenoxy) is 2. The Kier molecular flexibility index (Phi) is 10.4. The van der Waals surface area contributed by atoms with Gasteiger partial charge in [0.1, 0.15) is 17.7 Å². The van der Waals surface area contributed by atoms with Gasteiger partial charge < -0.3 is 20.1 Å². The number of carbonyl (C=O) groups is 4. The zero-order chi connectivity index (χ0) is 22.7. The van der Waals surface area contributed by atoms with Crippen LogP contribution in [0.4, 0.5) is 8.78 Å². The second-order valence-corrected chi connectivity index (χ2v) is 6.92. The van der Waals surface area contributed by atoms with E-state index in [1.54, 1.807) is 0 Å². The highest BCUT2D eigenvalue weighted by Gasteiger charge is 2.23. The Morgan fingerprint density at radius 3 is 2.43 bits per heavy atom. The van der Waals surface area contributed by atoms with Gasteiger partial charge in [-0.3, -0.25) is 14.4 Å². The van der Waals surface area contributed by atoms with Crippen LogP contribution in [0.2, 0.25) is 0 Å². The summed E-state index contributed by atoms with van der Waals surface area (Å²) in [5.41, 5.74) is -0.308. The molecule has 0 bridgehead atoms. The standard InChI is InChI=1S/C20H26F2N2O6/c1-12(2)9-16(20(28)29-3)24-17(25)11-30-18(26)5-4-8-23-19(27)14-7-6-13(21)10-15(14)22/h6-7,10,12,16H,4-5,8-9,11H2,1-3H3,(H,23,27)(H,24,25). The molecule has 2 N–H and O–H groups in total. The van der Waals surface area contributed by atoms with Crippen molar-refractivity contribution in [3.05, 3.63) is 35.4 Å². The Balaban J connectivity index is 2.31. The van der Waals surface area contributed by atoms with Crippen LogP contribution in [0.3, 0.4) is 0 Å². The molecule has 1 unspecified atom stereocenters. The maximum absolute atomic E-state index is 13.5. The zero-order valence-electron chi connectivity index (χ0n) is 17.1. The number of methoxy groups -OCH3 is 1. The summed E-state index contributed by atoms with van der Waals surface area (Å²) in [6.45, 7) is 3.25. The third kappa shape index (κ3) is 8.97. The lowest BCUT2D eigenvalue weighted by Crippen LogP contribution is -2.44. The molecule has 0 saturated carbocycles. The molecule has 1 aromatic rings. The van der Waals surface area contributed by atoms with Gasteiger partial charge in [0.25, 0.3) is 11.8 Å². The van der Waals surface area contributed by atoms with E-state index in [9.17, 15) is 28.0 Å². The molecule has 2 amide bonds. The normalized spacial score (nSPS) is 11.5. The molecule has 1 rings (SSSR count). The maximum atomic E-state index is 13.5. The van der Waals surface area contributed by atoms with E-state index in [-0.39, 0.29) is 30.9 Å². The largest absolute Gasteiger partial charge is 0.467 e. The third-order valence-electron chi connectivity index (χ3n) is 3.91. The van der Waals surface area contributed by atoms with Crippen LogP contribution in [0.15, 0.2) is 18.2 Å². The number of benzene rings is 1. The number of nitrogens with one attached hydrogen (secondary N) is 2. The summed E-state index contributed by atoms with van der Waals surface area (Å²) < 4.78 is 35.8. The lowest BCUT2D eigenvalue weighted by Gasteiger charge is -2.18. The lowest BCUT2D eigenvalue weighted by molar-refractivity contribution is -0.150. The molecule has 0 aliphatic heterocycles. The minimum Gasteiger partial charge on any atom is -0.467 e. The average molecular weight is 428 g/mol. The number of amides is 2. The molecule has 0 spiro atoms. The van der Waals surface area contributed by atoms with Gasteiger partial charge in [0.2, 0.25) is 0 Å². The molecule has 0 aliphatic rings. The molecule has 30 heavy (non-hydrogen) atoms. The Bertz CT molecular complexity index is 770. The molecule has 0 heterocycles. The van der Waals surface area contributed by atoms with Crippen LogP contribution < -0.4 is 10.6 Å². The van der Waals surface area contributed by atoms with Crippen LogP contribution >= 0.6 is 0 Å². The maximum Gasteiger partial charge on any atom is 0.328 e. The van der Waals surface area contributed by atoms with E-state index in [0.29, 0.717) is 12.5 Å². The van der Waals surface area contributed by atoms with Crippen molar-refractivity contribution in [3.63, 3.8) is 0 Å². The van der Waals surface area contributed by atoms with Gasteiger partial charge in [-0.2, -0.15) is 0 Å². The number of esters is 2. The summed E-state index contributed by atoms with van der Waals surface area (Å²) >= 11 is 0. The van der Waals surface area contributed by atoms with E-state index in [0.717, 1.165) is 12.1 Å². The molecule has 0 saturated heterocycles. The highest BCUT2D eigenvalue weighted by molar-refractivity contribution is 5.94. The van der Waals surface area contributed by atoms with Gasteiger partial charge in [0.05, 0.1) is 12.7 Å². The van der Waals surface area contributed by atoms with E-state index >= 15 is 0 Å². The van der Waals surface area contributed by atoms with Crippen LogP contribution in [0, 0.1) is 17.6 Å². The summed E-state index contributed by atoms with van der Waals surface area (Å²) in [6, 6.07) is 1.76. The highest BCUT2D eigenvalue weighted by atomic mass is 19.1. The Labute approximate surface area is 173 Å². The van der Waals surface area contributed by atoms with Crippen molar-refractivity contribution in [3.8, 4) is 0 Å². The SMILES string of the molecule is COC(=O)C(CC(C)C)NC(=O)COC(=O)CCCNC(=O)c1ccc(F)cc1F. The smallest absolute Gasteiger partial charge is 0.328 e. The van der Waals surface area contributed by atoms with Crippen molar-refractivity contribution in [2.24, 2.45) is 5.92 Å². The third-order valence-corrected chi connectivity index (χ3v) is 3.91. The van der Waals surface area contributed by atoms with Crippen LogP contribution in [0.5, 0.6) is 0 Å². The molecule has 1 aromatic carbocycles. The zero-order valence-corrected chi connectivity index (χ0v) is 17.1. The van der Waals surface area contributed by atoms with E-state index in [1.807, 2.05) is 13.8 Å². The van der Waals surface area contributed by atoms with Gasteiger partial charge >= 0.3 is 11.9 Å². The van der Waals surface area contributed by atoms with E-state index in [2.05, 4.69) is 15.4 Å². The van der Waals surface area contributed by atoms with Crippen LogP contribution in [0.25, 0.3) is 0 Å². The van der Waals surface area contributed by atoms with Gasteiger partial charge in [0.15, 0.2) is 6.61 Å². The molecule has 10 heteroatoms. The predicted molar refractivity (Wildman–Crippen MR) is 102 cm³/mol. The first-order valence-corrected chi connectivity index (χ1v) is 9.40. The molecule has 8 nitrogen and oxygen atoms in total. The molecule has 1 atom stereocenters. The second kappa shape index (κ2) is 12.5. The van der Waals surface area contributed by atoms with Crippen molar-refractivity contribution < 1.29 is 37.4 Å². The summed E-state index contributed by atoms with van der Waals surface area (Å²) in [4.78, 5) is 47.1. The molecular weight excluding hydrogens is 402 g/mol. The predicted octanol–water partition coefficient (Wildman–Crippen LogP) is 1.72.